The molecule has 0 aliphatic rings. The SMILES string of the molecule is CCOC(=O)CC(C(=O)OCC)S(=O)O. The van der Waals surface area contributed by atoms with Gasteiger partial charge in [0.25, 0.3) is 0 Å². The Labute approximate surface area is 90.2 Å². The van der Waals surface area contributed by atoms with Crippen LogP contribution in [0.1, 0.15) is 20.3 Å². The van der Waals surface area contributed by atoms with Gasteiger partial charge in [-0.3, -0.25) is 9.59 Å². The molecule has 1 N–H and O–H groups in total. The molecule has 2 unspecified atom stereocenters. The van der Waals surface area contributed by atoms with E-state index in [9.17, 15) is 13.8 Å². The van der Waals surface area contributed by atoms with Crippen molar-refractivity contribution in [3.05, 3.63) is 0 Å². The molecule has 6 nitrogen and oxygen atoms in total. The first-order valence-corrected chi connectivity index (χ1v) is 5.61. The Balaban J connectivity index is 4.34. The Kier molecular flexibility index (Phi) is 6.89. The van der Waals surface area contributed by atoms with Gasteiger partial charge in [0, 0.05) is 0 Å². The van der Waals surface area contributed by atoms with Crippen LogP contribution in [0.2, 0.25) is 0 Å². The smallest absolute Gasteiger partial charge is 0.324 e. The van der Waals surface area contributed by atoms with Crippen molar-refractivity contribution >= 4 is 23.0 Å². The number of carbonyl (C=O) groups is 2. The lowest BCUT2D eigenvalue weighted by Crippen LogP contribution is -2.31. The van der Waals surface area contributed by atoms with Crippen LogP contribution >= 0.6 is 0 Å². The average molecular weight is 238 g/mol. The molecule has 0 aromatic heterocycles. The van der Waals surface area contributed by atoms with E-state index in [1.165, 1.54) is 0 Å². The number of hydrogen-bond acceptors (Lipinski definition) is 5. The second-order valence-corrected chi connectivity index (χ2v) is 3.65. The number of esters is 2. The van der Waals surface area contributed by atoms with Crippen LogP contribution in [0, 0.1) is 0 Å². The third-order valence-electron chi connectivity index (χ3n) is 1.45. The Hall–Kier alpha value is -0.950. The average Bonchev–Trinajstić information content (AvgIpc) is 2.14. The van der Waals surface area contributed by atoms with Crippen LogP contribution in [0.3, 0.4) is 0 Å². The van der Waals surface area contributed by atoms with Gasteiger partial charge in [0.15, 0.2) is 16.3 Å². The van der Waals surface area contributed by atoms with Crippen LogP contribution in [0.15, 0.2) is 0 Å². The standard InChI is InChI=1S/C8H14O6S/c1-3-13-7(9)5-6(15(11)12)8(10)14-4-2/h6H,3-5H2,1-2H3,(H,11,12). The monoisotopic (exact) mass is 238 g/mol. The first kappa shape index (κ1) is 14.1. The van der Waals surface area contributed by atoms with Crippen molar-refractivity contribution < 1.29 is 27.8 Å². The topological polar surface area (TPSA) is 89.9 Å². The molecule has 88 valence electrons. The minimum atomic E-state index is -2.43. The summed E-state index contributed by atoms with van der Waals surface area (Å²) in [5.41, 5.74) is 0. The molecule has 0 fully saturated rings. The molecule has 0 aliphatic carbocycles. The van der Waals surface area contributed by atoms with Crippen molar-refractivity contribution in [1.82, 2.24) is 0 Å². The van der Waals surface area contributed by atoms with Gasteiger partial charge in [-0.2, -0.15) is 0 Å². The third kappa shape index (κ3) is 5.48. The van der Waals surface area contributed by atoms with E-state index in [2.05, 4.69) is 9.47 Å². The van der Waals surface area contributed by atoms with Crippen LogP contribution in [0.25, 0.3) is 0 Å². The Morgan fingerprint density at radius 3 is 2.20 bits per heavy atom. The fourth-order valence-corrected chi connectivity index (χ4v) is 1.35. The van der Waals surface area contributed by atoms with Crippen molar-refractivity contribution in [2.24, 2.45) is 0 Å². The highest BCUT2D eigenvalue weighted by atomic mass is 32.2. The lowest BCUT2D eigenvalue weighted by atomic mass is 10.3. The van der Waals surface area contributed by atoms with Gasteiger partial charge in [0.2, 0.25) is 0 Å². The molecule has 0 spiro atoms. The second kappa shape index (κ2) is 7.36. The Bertz CT molecular complexity index is 252. The van der Waals surface area contributed by atoms with Crippen LogP contribution < -0.4 is 0 Å². The van der Waals surface area contributed by atoms with Gasteiger partial charge in [-0.05, 0) is 13.8 Å². The van der Waals surface area contributed by atoms with Crippen LogP contribution in [0.4, 0.5) is 0 Å². The quantitative estimate of drug-likeness (QED) is 0.521. The van der Waals surface area contributed by atoms with Gasteiger partial charge < -0.3 is 14.0 Å². The van der Waals surface area contributed by atoms with E-state index >= 15 is 0 Å². The van der Waals surface area contributed by atoms with E-state index in [0.717, 1.165) is 0 Å². The summed E-state index contributed by atoms with van der Waals surface area (Å²) >= 11 is -2.43. The summed E-state index contributed by atoms with van der Waals surface area (Å²) in [6.45, 7) is 3.43. The molecule has 0 aromatic rings. The molecule has 0 radical (unpaired) electrons. The van der Waals surface area contributed by atoms with Gasteiger partial charge in [-0.25, -0.2) is 4.21 Å². The maximum Gasteiger partial charge on any atom is 0.324 e. The Morgan fingerprint density at radius 1 is 1.27 bits per heavy atom. The Morgan fingerprint density at radius 2 is 1.80 bits per heavy atom. The summed E-state index contributed by atoms with van der Waals surface area (Å²) in [6, 6.07) is 0. The number of ether oxygens (including phenoxy) is 2. The van der Waals surface area contributed by atoms with Gasteiger partial charge in [0.05, 0.1) is 19.6 Å². The lowest BCUT2D eigenvalue weighted by Gasteiger charge is -2.10. The molecule has 0 amide bonds. The van der Waals surface area contributed by atoms with E-state index in [1.54, 1.807) is 13.8 Å². The van der Waals surface area contributed by atoms with Crippen molar-refractivity contribution in [3.8, 4) is 0 Å². The molecule has 15 heavy (non-hydrogen) atoms. The van der Waals surface area contributed by atoms with Crippen molar-refractivity contribution in [3.63, 3.8) is 0 Å². The summed E-state index contributed by atoms with van der Waals surface area (Å²) < 4.78 is 28.7. The van der Waals surface area contributed by atoms with Gasteiger partial charge >= 0.3 is 11.9 Å². The van der Waals surface area contributed by atoms with Crippen LogP contribution in [-0.2, 0) is 30.1 Å². The largest absolute Gasteiger partial charge is 0.466 e. The molecule has 2 atom stereocenters. The summed E-state index contributed by atoms with van der Waals surface area (Å²) in [6.07, 6.45) is -0.449. The normalized spacial score (nSPS) is 14.1. The zero-order valence-corrected chi connectivity index (χ0v) is 9.41. The summed E-state index contributed by atoms with van der Waals surface area (Å²) in [7, 11) is 0. The molecule has 0 heterocycles. The maximum absolute atomic E-state index is 11.1. The molecule has 0 bridgehead atoms. The maximum atomic E-state index is 11.1. The second-order valence-electron chi connectivity index (χ2n) is 2.53. The molecule has 0 aliphatic heterocycles. The molecule has 0 saturated carbocycles. The highest BCUT2D eigenvalue weighted by molar-refractivity contribution is 7.80. The van der Waals surface area contributed by atoms with E-state index in [4.69, 9.17) is 4.55 Å². The summed E-state index contributed by atoms with van der Waals surface area (Å²) in [4.78, 5) is 22.1. The zero-order valence-electron chi connectivity index (χ0n) is 8.60. The minimum absolute atomic E-state index is 0.0926. The lowest BCUT2D eigenvalue weighted by molar-refractivity contribution is -0.149. The van der Waals surface area contributed by atoms with Crippen molar-refractivity contribution in [2.75, 3.05) is 13.2 Å². The predicted octanol–water partition coefficient (Wildman–Crippen LogP) is 0.0930. The van der Waals surface area contributed by atoms with Gasteiger partial charge in [-0.1, -0.05) is 0 Å². The molecule has 0 saturated heterocycles. The number of carbonyl (C=O) groups excluding carboxylic acids is 2. The van der Waals surface area contributed by atoms with Crippen LogP contribution in [-0.4, -0.2) is 39.2 Å². The first-order valence-electron chi connectivity index (χ1n) is 4.44. The predicted molar refractivity (Wildman–Crippen MR) is 52.4 cm³/mol. The third-order valence-corrected chi connectivity index (χ3v) is 2.30. The molecule has 0 rings (SSSR count). The van der Waals surface area contributed by atoms with Crippen LogP contribution in [0.5, 0.6) is 0 Å². The first-order chi connectivity index (χ1) is 7.02. The van der Waals surface area contributed by atoms with E-state index < -0.39 is 34.7 Å². The fraction of sp³-hybridized carbons (Fsp3) is 0.750. The molecular formula is C8H14O6S. The fourth-order valence-electron chi connectivity index (χ4n) is 0.843. The van der Waals surface area contributed by atoms with Gasteiger partial charge in [-0.15, -0.1) is 0 Å². The van der Waals surface area contributed by atoms with Crippen molar-refractivity contribution in [1.29, 1.82) is 0 Å². The zero-order chi connectivity index (χ0) is 11.8. The number of hydrogen-bond donors (Lipinski definition) is 1. The molecular weight excluding hydrogens is 224 g/mol. The van der Waals surface area contributed by atoms with E-state index in [0.29, 0.717) is 0 Å². The molecule has 0 aromatic carbocycles. The van der Waals surface area contributed by atoms with E-state index in [-0.39, 0.29) is 13.2 Å². The van der Waals surface area contributed by atoms with Crippen molar-refractivity contribution in [2.45, 2.75) is 25.5 Å². The summed E-state index contributed by atoms with van der Waals surface area (Å²) in [5.74, 6) is -1.57. The highest BCUT2D eigenvalue weighted by Gasteiger charge is 2.29. The minimum Gasteiger partial charge on any atom is -0.466 e. The summed E-state index contributed by atoms with van der Waals surface area (Å²) in [5, 5.41) is -1.37. The number of rotatable bonds is 6. The van der Waals surface area contributed by atoms with E-state index in [1.807, 2.05) is 0 Å². The highest BCUT2D eigenvalue weighted by Crippen LogP contribution is 2.05. The molecule has 7 heteroatoms. The van der Waals surface area contributed by atoms with Gasteiger partial charge in [0.1, 0.15) is 0 Å².